The molecule has 0 aliphatic carbocycles. The first-order valence-electron chi connectivity index (χ1n) is 14.0. The van der Waals surface area contributed by atoms with Crippen LogP contribution >= 0.6 is 0 Å². The number of H-pyrrole nitrogens is 1. The molecule has 0 saturated carbocycles. The summed E-state index contributed by atoms with van der Waals surface area (Å²) >= 11 is 0. The molecule has 2 N–H and O–H groups in total. The maximum Gasteiger partial charge on any atom is 0.0462 e. The molecule has 0 saturated heterocycles. The van der Waals surface area contributed by atoms with E-state index in [2.05, 4.69) is 129 Å². The van der Waals surface area contributed by atoms with Crippen LogP contribution in [-0.2, 0) is 19.3 Å². The summed E-state index contributed by atoms with van der Waals surface area (Å²) in [5, 5.41) is 4.72. The maximum absolute atomic E-state index is 3.54. The van der Waals surface area contributed by atoms with Crippen molar-refractivity contribution < 1.29 is 0 Å². The number of para-hydroxylation sites is 1. The van der Waals surface area contributed by atoms with Gasteiger partial charge in [0.05, 0.1) is 0 Å². The number of hydrogen-bond acceptors (Lipinski definition) is 2. The van der Waals surface area contributed by atoms with Crippen molar-refractivity contribution in [3.63, 3.8) is 0 Å². The van der Waals surface area contributed by atoms with Gasteiger partial charge in [0.25, 0.3) is 0 Å². The van der Waals surface area contributed by atoms with E-state index in [9.17, 15) is 0 Å². The molecule has 2 aliphatic rings. The van der Waals surface area contributed by atoms with E-state index in [0.29, 0.717) is 6.04 Å². The number of aromatic nitrogens is 1. The minimum absolute atomic E-state index is 0.351. The van der Waals surface area contributed by atoms with Gasteiger partial charge in [-0.2, -0.15) is 0 Å². The summed E-state index contributed by atoms with van der Waals surface area (Å²) in [6.45, 7) is 11.1. The number of likely N-dealkylation sites (N-methyl/N-ethyl adjacent to an activating group) is 1. The molecule has 2 aliphatic heterocycles. The van der Waals surface area contributed by atoms with Crippen molar-refractivity contribution in [3.8, 4) is 0 Å². The Morgan fingerprint density at radius 1 is 0.921 bits per heavy atom. The first-order chi connectivity index (χ1) is 18.4. The van der Waals surface area contributed by atoms with Crippen LogP contribution in [0.1, 0.15) is 51.6 Å². The molecule has 5 rings (SSSR count). The van der Waals surface area contributed by atoms with Crippen LogP contribution in [0.25, 0.3) is 23.1 Å². The molecule has 3 heterocycles. The lowest BCUT2D eigenvalue weighted by Gasteiger charge is -2.27. The highest BCUT2D eigenvalue weighted by Crippen LogP contribution is 2.32. The molecule has 196 valence electrons. The van der Waals surface area contributed by atoms with E-state index in [4.69, 9.17) is 0 Å². The smallest absolute Gasteiger partial charge is 0.0462 e. The molecule has 0 spiro atoms. The number of aromatic amines is 1. The largest absolute Gasteiger partial charge is 0.391 e. The second-order valence-electron chi connectivity index (χ2n) is 10.8. The third-order valence-electron chi connectivity index (χ3n) is 8.46. The van der Waals surface area contributed by atoms with Crippen LogP contribution < -0.4 is 5.32 Å². The Morgan fingerprint density at radius 2 is 1.74 bits per heavy atom. The average molecular weight is 504 g/mol. The number of nitrogens with one attached hydrogen (secondary N) is 2. The predicted molar refractivity (Wildman–Crippen MR) is 165 cm³/mol. The monoisotopic (exact) mass is 503 g/mol. The van der Waals surface area contributed by atoms with Gasteiger partial charge in [0.15, 0.2) is 0 Å². The Hall–Kier alpha value is -3.56. The Morgan fingerprint density at radius 3 is 2.61 bits per heavy atom. The van der Waals surface area contributed by atoms with Crippen LogP contribution in [0.2, 0.25) is 0 Å². The number of aryl methyl sites for hydroxylation is 1. The molecule has 1 atom stereocenters. The van der Waals surface area contributed by atoms with Gasteiger partial charge in [-0.15, -0.1) is 0 Å². The normalized spacial score (nSPS) is 22.7. The Labute approximate surface area is 228 Å². The molecule has 0 bridgehead atoms. The molecular weight excluding hydrogens is 462 g/mol. The molecule has 0 radical (unpaired) electrons. The second kappa shape index (κ2) is 11.4. The fraction of sp³-hybridized carbons (Fsp3) is 0.314. The first kappa shape index (κ1) is 26.1. The van der Waals surface area contributed by atoms with Gasteiger partial charge in [-0.05, 0) is 111 Å². The van der Waals surface area contributed by atoms with Gasteiger partial charge in [0.2, 0.25) is 0 Å². The molecule has 38 heavy (non-hydrogen) atoms. The number of hydrogen-bond donors (Lipinski definition) is 2. The second-order valence-corrected chi connectivity index (χ2v) is 10.8. The van der Waals surface area contributed by atoms with Crippen molar-refractivity contribution in [2.75, 3.05) is 20.1 Å². The van der Waals surface area contributed by atoms with Crippen LogP contribution in [0.4, 0.5) is 0 Å². The average Bonchev–Trinajstić information content (AvgIpc) is 3.24. The Kier molecular flexibility index (Phi) is 7.85. The minimum Gasteiger partial charge on any atom is -0.391 e. The van der Waals surface area contributed by atoms with Gasteiger partial charge < -0.3 is 10.3 Å². The lowest BCUT2D eigenvalue weighted by Crippen LogP contribution is -2.30. The summed E-state index contributed by atoms with van der Waals surface area (Å²) in [6, 6.07) is 8.91. The fourth-order valence-corrected chi connectivity index (χ4v) is 5.93. The predicted octanol–water partition coefficient (Wildman–Crippen LogP) is 7.38. The topological polar surface area (TPSA) is 31.1 Å². The molecule has 0 fully saturated rings. The Balaban J connectivity index is 1.62. The summed E-state index contributed by atoms with van der Waals surface area (Å²) in [5.41, 5.74) is 13.7. The number of benzene rings is 2. The SMILES string of the molecule is Cc1[nH]c2ccccc2c1/C=C/C1=C/C(C)N(C)CCc2c(C)c(C)c3c(c2/C=C\1)C/C=C\C=C/NCC3. The summed E-state index contributed by atoms with van der Waals surface area (Å²) in [5.74, 6) is 0. The molecule has 3 nitrogen and oxygen atoms in total. The van der Waals surface area contributed by atoms with Crippen molar-refractivity contribution in [1.82, 2.24) is 15.2 Å². The van der Waals surface area contributed by atoms with Crippen molar-refractivity contribution in [2.24, 2.45) is 0 Å². The van der Waals surface area contributed by atoms with Crippen LogP contribution in [0.5, 0.6) is 0 Å². The fourth-order valence-electron chi connectivity index (χ4n) is 5.93. The zero-order chi connectivity index (χ0) is 26.6. The zero-order valence-corrected chi connectivity index (χ0v) is 23.6. The van der Waals surface area contributed by atoms with E-state index >= 15 is 0 Å². The van der Waals surface area contributed by atoms with Crippen molar-refractivity contribution >= 4 is 23.1 Å². The van der Waals surface area contributed by atoms with Gasteiger partial charge >= 0.3 is 0 Å². The molecular formula is C35H41N3. The summed E-state index contributed by atoms with van der Waals surface area (Å²) in [7, 11) is 2.25. The van der Waals surface area contributed by atoms with E-state index < -0.39 is 0 Å². The van der Waals surface area contributed by atoms with Crippen LogP contribution in [0, 0.1) is 20.8 Å². The highest BCUT2D eigenvalue weighted by Gasteiger charge is 2.19. The third-order valence-corrected chi connectivity index (χ3v) is 8.46. The lowest BCUT2D eigenvalue weighted by molar-refractivity contribution is 0.300. The molecule has 3 heteroatoms. The van der Waals surface area contributed by atoms with E-state index in [-0.39, 0.29) is 0 Å². The van der Waals surface area contributed by atoms with Gasteiger partial charge in [-0.25, -0.2) is 0 Å². The third kappa shape index (κ3) is 5.35. The highest BCUT2D eigenvalue weighted by atomic mass is 15.1. The first-order valence-corrected chi connectivity index (χ1v) is 14.0. The van der Waals surface area contributed by atoms with Gasteiger partial charge in [-0.1, -0.05) is 60.7 Å². The highest BCUT2D eigenvalue weighted by molar-refractivity contribution is 5.90. The number of allylic oxidation sites excluding steroid dienone is 6. The number of fused-ring (bicyclic) bond motifs is 4. The number of rotatable bonds is 2. The van der Waals surface area contributed by atoms with E-state index in [1.54, 1.807) is 0 Å². The quantitative estimate of drug-likeness (QED) is 0.382. The van der Waals surface area contributed by atoms with Gasteiger partial charge in [-0.3, -0.25) is 4.90 Å². The van der Waals surface area contributed by atoms with Crippen molar-refractivity contribution in [1.29, 1.82) is 0 Å². The molecule has 3 aromatic rings. The van der Waals surface area contributed by atoms with E-state index in [1.807, 2.05) is 0 Å². The molecule has 1 aromatic heterocycles. The Bertz CT molecular complexity index is 1470. The lowest BCUT2D eigenvalue weighted by atomic mass is 9.83. The van der Waals surface area contributed by atoms with Crippen LogP contribution in [0.15, 0.2) is 72.5 Å². The number of nitrogens with zero attached hydrogens (tertiary/aromatic N) is 1. The van der Waals surface area contributed by atoms with Crippen LogP contribution in [0.3, 0.4) is 0 Å². The van der Waals surface area contributed by atoms with Crippen LogP contribution in [-0.4, -0.2) is 36.1 Å². The maximum atomic E-state index is 3.54. The van der Waals surface area contributed by atoms with Crippen molar-refractivity contribution in [3.05, 3.63) is 117 Å². The minimum atomic E-state index is 0.351. The molecule has 2 aromatic carbocycles. The standard InChI is InChI=1S/C35H41N3/c1-24-23-28(14-16-31-27(4)37-35-13-9-8-12-34(31)35)15-17-33-30(19-22-38(24)5)26(3)25(2)29-18-21-36-20-10-6-7-11-32(29)33/h6-10,12-17,20,23-24,36-37H,11,18-19,21-22H2,1-5H3/b7-6-,16-14+,17-15-,20-10-,28-23-. The molecule has 0 amide bonds. The molecule has 1 unspecified atom stereocenters. The van der Waals surface area contributed by atoms with E-state index in [0.717, 1.165) is 32.4 Å². The zero-order valence-electron chi connectivity index (χ0n) is 23.6. The van der Waals surface area contributed by atoms with Gasteiger partial charge in [0.1, 0.15) is 0 Å². The summed E-state index contributed by atoms with van der Waals surface area (Å²) in [4.78, 5) is 6.01. The van der Waals surface area contributed by atoms with E-state index in [1.165, 1.54) is 61.1 Å². The summed E-state index contributed by atoms with van der Waals surface area (Å²) in [6.07, 6.45) is 23.4. The summed E-state index contributed by atoms with van der Waals surface area (Å²) < 4.78 is 0. The van der Waals surface area contributed by atoms with Gasteiger partial charge in [0, 0.05) is 41.3 Å². The van der Waals surface area contributed by atoms with Crippen molar-refractivity contribution in [2.45, 2.75) is 53.0 Å².